The Morgan fingerprint density at radius 1 is 1.40 bits per heavy atom. The van der Waals surface area contributed by atoms with Crippen molar-refractivity contribution in [1.82, 2.24) is 20.4 Å². The molecule has 5 nitrogen and oxygen atoms in total. The number of rotatable bonds is 3. The number of nitrogens with zero attached hydrogens (tertiary/aromatic N) is 2. The van der Waals surface area contributed by atoms with Gasteiger partial charge in [-0.25, -0.2) is 0 Å². The number of hydrogen-bond donors (Lipinski definition) is 2. The number of aromatic nitrogens is 2. The maximum Gasteiger partial charge on any atom is 0.225 e. The molecule has 7 heteroatoms. The quantitative estimate of drug-likeness (QED) is 0.860. The summed E-state index contributed by atoms with van der Waals surface area (Å²) in [6, 6.07) is 6.02. The SMILES string of the molecule is Cl.Cn1cc([C@H]2CNC[C@@H]2C(=O)NC2CCc3c(Cl)cccc32)cn1. The Kier molecular flexibility index (Phi) is 5.37. The molecule has 0 spiro atoms. The summed E-state index contributed by atoms with van der Waals surface area (Å²) in [5, 5.41) is 11.6. The summed E-state index contributed by atoms with van der Waals surface area (Å²) in [7, 11) is 1.90. The second-order valence-corrected chi connectivity index (χ2v) is 7.13. The van der Waals surface area contributed by atoms with Gasteiger partial charge in [0.05, 0.1) is 18.2 Å². The summed E-state index contributed by atoms with van der Waals surface area (Å²) in [6.07, 6.45) is 5.71. The zero-order valence-corrected chi connectivity index (χ0v) is 15.6. The van der Waals surface area contributed by atoms with E-state index in [1.807, 2.05) is 31.6 Å². The Bertz CT molecular complexity index is 776. The van der Waals surface area contributed by atoms with Crippen LogP contribution in [-0.2, 0) is 18.3 Å². The monoisotopic (exact) mass is 380 g/mol. The molecule has 1 aliphatic heterocycles. The Balaban J connectivity index is 0.00000182. The van der Waals surface area contributed by atoms with Gasteiger partial charge in [-0.1, -0.05) is 23.7 Å². The lowest BCUT2D eigenvalue weighted by molar-refractivity contribution is -0.125. The first-order valence-corrected chi connectivity index (χ1v) is 8.78. The van der Waals surface area contributed by atoms with Crippen LogP contribution in [0.5, 0.6) is 0 Å². The highest BCUT2D eigenvalue weighted by molar-refractivity contribution is 6.31. The molecule has 0 radical (unpaired) electrons. The average molecular weight is 381 g/mol. The molecule has 25 heavy (non-hydrogen) atoms. The van der Waals surface area contributed by atoms with E-state index in [-0.39, 0.29) is 36.2 Å². The number of carbonyl (C=O) groups is 1. The first kappa shape index (κ1) is 18.2. The van der Waals surface area contributed by atoms with Gasteiger partial charge < -0.3 is 10.6 Å². The summed E-state index contributed by atoms with van der Waals surface area (Å²) < 4.78 is 1.79. The average Bonchev–Trinajstić information content (AvgIpc) is 3.27. The minimum Gasteiger partial charge on any atom is -0.349 e. The molecule has 2 N–H and O–H groups in total. The van der Waals surface area contributed by atoms with Gasteiger partial charge in [0, 0.05) is 37.3 Å². The number of aryl methyl sites for hydroxylation is 1. The Hall–Kier alpha value is -1.56. The lowest BCUT2D eigenvalue weighted by Gasteiger charge is -2.21. The second-order valence-electron chi connectivity index (χ2n) is 6.73. The molecule has 3 atom stereocenters. The molecule has 4 rings (SSSR count). The number of carbonyl (C=O) groups excluding carboxylic acids is 1. The molecule has 1 aromatic carbocycles. The molecule has 1 aromatic heterocycles. The highest BCUT2D eigenvalue weighted by Gasteiger charge is 2.36. The molecular weight excluding hydrogens is 359 g/mol. The van der Waals surface area contributed by atoms with E-state index >= 15 is 0 Å². The third-order valence-electron chi connectivity index (χ3n) is 5.23. The van der Waals surface area contributed by atoms with Crippen LogP contribution in [0.1, 0.15) is 35.1 Å². The normalized spacial score (nSPS) is 24.6. The predicted octanol–water partition coefficient (Wildman–Crippen LogP) is 2.60. The molecule has 2 heterocycles. The van der Waals surface area contributed by atoms with Crippen LogP contribution in [0.4, 0.5) is 0 Å². The fraction of sp³-hybridized carbons (Fsp3) is 0.444. The lowest BCUT2D eigenvalue weighted by Crippen LogP contribution is -2.36. The van der Waals surface area contributed by atoms with Crippen LogP contribution in [0.15, 0.2) is 30.6 Å². The largest absolute Gasteiger partial charge is 0.349 e. The number of benzene rings is 1. The van der Waals surface area contributed by atoms with Crippen molar-refractivity contribution in [3.8, 4) is 0 Å². The van der Waals surface area contributed by atoms with Gasteiger partial charge in [0.1, 0.15) is 0 Å². The van der Waals surface area contributed by atoms with Gasteiger partial charge in [0.2, 0.25) is 5.91 Å². The summed E-state index contributed by atoms with van der Waals surface area (Å²) >= 11 is 6.27. The minimum atomic E-state index is -0.0579. The summed E-state index contributed by atoms with van der Waals surface area (Å²) in [5.41, 5.74) is 3.47. The summed E-state index contributed by atoms with van der Waals surface area (Å²) in [4.78, 5) is 12.9. The van der Waals surface area contributed by atoms with Crippen LogP contribution >= 0.6 is 24.0 Å². The number of fused-ring (bicyclic) bond motifs is 1. The number of hydrogen-bond acceptors (Lipinski definition) is 3. The molecule has 1 amide bonds. The van der Waals surface area contributed by atoms with Gasteiger partial charge >= 0.3 is 0 Å². The van der Waals surface area contributed by atoms with Crippen LogP contribution in [0, 0.1) is 5.92 Å². The highest BCUT2D eigenvalue weighted by Crippen LogP contribution is 2.36. The molecule has 2 aliphatic rings. The third kappa shape index (κ3) is 3.41. The van der Waals surface area contributed by atoms with E-state index in [0.717, 1.165) is 30.0 Å². The molecule has 1 fully saturated rings. The fourth-order valence-electron chi connectivity index (χ4n) is 3.97. The van der Waals surface area contributed by atoms with Gasteiger partial charge in [-0.15, -0.1) is 12.4 Å². The van der Waals surface area contributed by atoms with E-state index in [2.05, 4.69) is 21.8 Å². The van der Waals surface area contributed by atoms with Crippen molar-refractivity contribution in [3.05, 3.63) is 52.3 Å². The fourth-order valence-corrected chi connectivity index (χ4v) is 4.25. The topological polar surface area (TPSA) is 59.0 Å². The number of nitrogens with one attached hydrogen (secondary N) is 2. The smallest absolute Gasteiger partial charge is 0.225 e. The third-order valence-corrected chi connectivity index (χ3v) is 5.59. The number of halogens is 2. The molecule has 1 aliphatic carbocycles. The van der Waals surface area contributed by atoms with Gasteiger partial charge in [-0.2, -0.15) is 5.10 Å². The highest BCUT2D eigenvalue weighted by atomic mass is 35.5. The van der Waals surface area contributed by atoms with Crippen molar-refractivity contribution in [2.24, 2.45) is 13.0 Å². The van der Waals surface area contributed by atoms with Crippen molar-refractivity contribution in [3.63, 3.8) is 0 Å². The molecule has 0 saturated carbocycles. The van der Waals surface area contributed by atoms with Gasteiger partial charge in [-0.05, 0) is 35.6 Å². The molecule has 134 valence electrons. The van der Waals surface area contributed by atoms with Crippen LogP contribution < -0.4 is 10.6 Å². The zero-order valence-electron chi connectivity index (χ0n) is 14.0. The van der Waals surface area contributed by atoms with Gasteiger partial charge in [-0.3, -0.25) is 9.48 Å². The van der Waals surface area contributed by atoms with Gasteiger partial charge in [0.15, 0.2) is 0 Å². The van der Waals surface area contributed by atoms with E-state index in [1.165, 1.54) is 11.1 Å². The van der Waals surface area contributed by atoms with Gasteiger partial charge in [0.25, 0.3) is 0 Å². The van der Waals surface area contributed by atoms with E-state index in [9.17, 15) is 4.79 Å². The molecule has 1 saturated heterocycles. The summed E-state index contributed by atoms with van der Waals surface area (Å²) in [5.74, 6) is 0.239. The Morgan fingerprint density at radius 3 is 3.00 bits per heavy atom. The van der Waals surface area contributed by atoms with Crippen LogP contribution in [0.25, 0.3) is 0 Å². The van der Waals surface area contributed by atoms with Crippen LogP contribution in [0.3, 0.4) is 0 Å². The van der Waals surface area contributed by atoms with Crippen molar-refractivity contribution < 1.29 is 4.79 Å². The van der Waals surface area contributed by atoms with E-state index < -0.39 is 0 Å². The summed E-state index contributed by atoms with van der Waals surface area (Å²) in [6.45, 7) is 1.53. The minimum absolute atomic E-state index is 0. The Labute approximate surface area is 158 Å². The van der Waals surface area contributed by atoms with Crippen LogP contribution in [0.2, 0.25) is 5.02 Å². The molecular formula is C18H22Cl2N4O. The zero-order chi connectivity index (χ0) is 16.7. The lowest BCUT2D eigenvalue weighted by atomic mass is 9.90. The maximum absolute atomic E-state index is 12.9. The number of amides is 1. The Morgan fingerprint density at radius 2 is 2.24 bits per heavy atom. The first-order chi connectivity index (χ1) is 11.6. The van der Waals surface area contributed by atoms with Crippen molar-refractivity contribution in [1.29, 1.82) is 0 Å². The predicted molar refractivity (Wildman–Crippen MR) is 100 cm³/mol. The standard InChI is InChI=1S/C18H21ClN4O.ClH/c1-23-10-11(7-21-23)14-8-20-9-15(14)18(24)22-17-6-5-12-13(17)3-2-4-16(12)19;/h2-4,7,10,14-15,17,20H,5-6,8-9H2,1H3,(H,22,24);1H/t14-,15+,17?;/m1./s1. The van der Waals surface area contributed by atoms with E-state index in [1.54, 1.807) is 4.68 Å². The van der Waals surface area contributed by atoms with Crippen molar-refractivity contribution in [2.75, 3.05) is 13.1 Å². The maximum atomic E-state index is 12.9. The van der Waals surface area contributed by atoms with Crippen molar-refractivity contribution in [2.45, 2.75) is 24.8 Å². The molecule has 0 bridgehead atoms. The second kappa shape index (κ2) is 7.36. The first-order valence-electron chi connectivity index (χ1n) is 8.40. The van der Waals surface area contributed by atoms with E-state index in [4.69, 9.17) is 11.6 Å². The van der Waals surface area contributed by atoms with Crippen LogP contribution in [-0.4, -0.2) is 28.8 Å². The molecule has 1 unspecified atom stereocenters. The van der Waals surface area contributed by atoms with Crippen molar-refractivity contribution >= 4 is 29.9 Å². The molecule has 2 aromatic rings. The van der Waals surface area contributed by atoms with E-state index in [0.29, 0.717) is 6.54 Å².